The molecule has 0 fully saturated rings. The fourth-order valence-corrected chi connectivity index (χ4v) is 1.55. The van der Waals surface area contributed by atoms with E-state index in [1.807, 2.05) is 0 Å². The maximum absolute atomic E-state index is 12.4. The van der Waals surface area contributed by atoms with Crippen LogP contribution < -0.4 is 4.35 Å². The summed E-state index contributed by atoms with van der Waals surface area (Å²) in [5.74, 6) is -0.472. The Kier molecular flexibility index (Phi) is 2.58. The van der Waals surface area contributed by atoms with Gasteiger partial charge in [0, 0.05) is 0 Å². The van der Waals surface area contributed by atoms with Crippen LogP contribution >= 0.6 is 11.6 Å². The molecule has 52 valence electrons. The van der Waals surface area contributed by atoms with Crippen LogP contribution in [0.1, 0.15) is 0 Å². The van der Waals surface area contributed by atoms with Gasteiger partial charge in [-0.2, -0.15) is 0 Å². The molecule has 0 saturated heterocycles. The van der Waals surface area contributed by atoms with Gasteiger partial charge < -0.3 is 0 Å². The third-order valence-electron chi connectivity index (χ3n) is 1.01. The van der Waals surface area contributed by atoms with Crippen LogP contribution in [0.15, 0.2) is 18.2 Å². The Morgan fingerprint density at radius 3 is 2.70 bits per heavy atom. The molecule has 0 spiro atoms. The van der Waals surface area contributed by atoms with Gasteiger partial charge in [0.2, 0.25) is 0 Å². The van der Waals surface area contributed by atoms with Crippen LogP contribution in [0.5, 0.6) is 0 Å². The fourth-order valence-electron chi connectivity index (χ4n) is 0.542. The third-order valence-corrected chi connectivity index (χ3v) is 2.32. The molecule has 0 aliphatic heterocycles. The van der Waals surface area contributed by atoms with Crippen molar-refractivity contribution >= 4 is 31.6 Å². The van der Waals surface area contributed by atoms with Crippen molar-refractivity contribution in [2.45, 2.75) is 0 Å². The zero-order valence-electron chi connectivity index (χ0n) is 4.84. The quantitative estimate of drug-likeness (QED) is 0.649. The fraction of sp³-hybridized carbons (Fsp3) is 0. The minimum absolute atomic E-state index is 0.0312. The Morgan fingerprint density at radius 2 is 2.20 bits per heavy atom. The molecule has 0 aliphatic rings. The first kappa shape index (κ1) is 7.90. The molecule has 1 aromatic carbocycles. The van der Waals surface area contributed by atoms with Gasteiger partial charge in [-0.05, 0) is 0 Å². The summed E-state index contributed by atoms with van der Waals surface area (Å²) in [7, 11) is 0. The van der Waals surface area contributed by atoms with Gasteiger partial charge in [0.1, 0.15) is 0 Å². The molecule has 0 radical (unpaired) electrons. The average Bonchev–Trinajstić information content (AvgIpc) is 1.95. The molecular formula is C6H3AsClFO. The molecule has 0 unspecified atom stereocenters. The average molecular weight is 220 g/mol. The van der Waals surface area contributed by atoms with E-state index >= 15 is 0 Å². The van der Waals surface area contributed by atoms with Gasteiger partial charge >= 0.3 is 68.8 Å². The normalized spacial score (nSPS) is 10.2. The van der Waals surface area contributed by atoms with E-state index < -0.39 is 21.5 Å². The predicted molar refractivity (Wildman–Crippen MR) is 37.5 cm³/mol. The van der Waals surface area contributed by atoms with E-state index in [1.165, 1.54) is 18.2 Å². The molecule has 0 N–H and O–H groups in total. The van der Waals surface area contributed by atoms with Gasteiger partial charge in [0.25, 0.3) is 0 Å². The van der Waals surface area contributed by atoms with Gasteiger partial charge in [-0.3, -0.25) is 0 Å². The zero-order valence-corrected chi connectivity index (χ0v) is 7.48. The van der Waals surface area contributed by atoms with Crippen molar-refractivity contribution in [1.29, 1.82) is 0 Å². The van der Waals surface area contributed by atoms with E-state index in [-0.39, 0.29) is 5.02 Å². The van der Waals surface area contributed by atoms with Crippen LogP contribution in [0.3, 0.4) is 0 Å². The summed E-state index contributed by atoms with van der Waals surface area (Å²) in [4.78, 5) is 0. The predicted octanol–water partition coefficient (Wildman–Crippen LogP) is 1.15. The summed E-state index contributed by atoms with van der Waals surface area (Å²) in [6, 6.07) is 4.06. The second-order valence-electron chi connectivity index (χ2n) is 1.69. The summed E-state index contributed by atoms with van der Waals surface area (Å²) >= 11 is 4.30. The van der Waals surface area contributed by atoms with Crippen molar-refractivity contribution in [1.82, 2.24) is 0 Å². The van der Waals surface area contributed by atoms with Crippen LogP contribution in [0.25, 0.3) is 0 Å². The van der Waals surface area contributed by atoms with Crippen molar-refractivity contribution in [3.63, 3.8) is 0 Å². The number of hydrogen-bond donors (Lipinski definition) is 0. The number of benzene rings is 1. The molecule has 0 heterocycles. The van der Waals surface area contributed by atoms with Crippen LogP contribution in [0.2, 0.25) is 5.02 Å². The van der Waals surface area contributed by atoms with E-state index in [4.69, 9.17) is 11.6 Å². The Labute approximate surface area is 69.1 Å². The van der Waals surface area contributed by atoms with Gasteiger partial charge in [0.05, 0.1) is 0 Å². The van der Waals surface area contributed by atoms with Crippen LogP contribution in [-0.2, 0) is 3.74 Å². The Bertz CT molecular complexity index is 264. The van der Waals surface area contributed by atoms with Crippen LogP contribution in [0.4, 0.5) is 4.39 Å². The second kappa shape index (κ2) is 3.27. The van der Waals surface area contributed by atoms with Gasteiger partial charge in [-0.25, -0.2) is 0 Å². The number of rotatable bonds is 1. The molecule has 0 saturated carbocycles. The monoisotopic (exact) mass is 220 g/mol. The molecule has 0 amide bonds. The Balaban J connectivity index is 3.16. The number of halogens is 2. The standard InChI is InChI=1S/C6H3AsClFO/c8-5-3-4(7-10)1-2-6(5)9/h1-3H. The summed E-state index contributed by atoms with van der Waals surface area (Å²) in [5.41, 5.74) is 0. The molecule has 4 heteroatoms. The first-order chi connectivity index (χ1) is 4.74. The molecule has 10 heavy (non-hydrogen) atoms. The van der Waals surface area contributed by atoms with Crippen LogP contribution in [-0.4, -0.2) is 15.7 Å². The first-order valence-electron chi connectivity index (χ1n) is 2.52. The summed E-state index contributed by atoms with van der Waals surface area (Å²) < 4.78 is 23.3. The third kappa shape index (κ3) is 1.65. The SMILES string of the molecule is O=[As]c1ccc(F)c(Cl)c1. The van der Waals surface area contributed by atoms with E-state index in [0.29, 0.717) is 4.35 Å². The first-order valence-corrected chi connectivity index (χ1v) is 4.60. The van der Waals surface area contributed by atoms with Gasteiger partial charge in [-0.1, -0.05) is 0 Å². The maximum atomic E-state index is 12.4. The molecule has 1 rings (SSSR count). The van der Waals surface area contributed by atoms with Gasteiger partial charge in [0.15, 0.2) is 0 Å². The van der Waals surface area contributed by atoms with Crippen molar-refractivity contribution in [3.8, 4) is 0 Å². The molecule has 0 aliphatic carbocycles. The van der Waals surface area contributed by atoms with E-state index in [9.17, 15) is 8.13 Å². The minimum atomic E-state index is -1.09. The van der Waals surface area contributed by atoms with E-state index in [2.05, 4.69) is 0 Å². The molecular weight excluding hydrogens is 217 g/mol. The van der Waals surface area contributed by atoms with E-state index in [1.54, 1.807) is 0 Å². The zero-order chi connectivity index (χ0) is 7.56. The molecule has 1 aromatic rings. The Hall–Kier alpha value is -0.202. The van der Waals surface area contributed by atoms with Crippen molar-refractivity contribution in [3.05, 3.63) is 29.0 Å². The van der Waals surface area contributed by atoms with Crippen molar-refractivity contribution in [2.75, 3.05) is 0 Å². The van der Waals surface area contributed by atoms with Gasteiger partial charge in [-0.15, -0.1) is 0 Å². The molecule has 0 atom stereocenters. The summed E-state index contributed by atoms with van der Waals surface area (Å²) in [6.07, 6.45) is 0. The summed E-state index contributed by atoms with van der Waals surface area (Å²) in [5, 5.41) is 0.0312. The second-order valence-corrected chi connectivity index (χ2v) is 3.56. The molecule has 0 bridgehead atoms. The molecule has 1 nitrogen and oxygen atoms in total. The van der Waals surface area contributed by atoms with Crippen molar-refractivity contribution in [2.24, 2.45) is 0 Å². The van der Waals surface area contributed by atoms with E-state index in [0.717, 1.165) is 0 Å². The van der Waals surface area contributed by atoms with Crippen molar-refractivity contribution < 1.29 is 8.13 Å². The summed E-state index contributed by atoms with van der Waals surface area (Å²) in [6.45, 7) is 0. The Morgan fingerprint density at radius 1 is 1.50 bits per heavy atom. The number of hydrogen-bond acceptors (Lipinski definition) is 1. The van der Waals surface area contributed by atoms with Crippen LogP contribution in [0, 0.1) is 5.82 Å². The topological polar surface area (TPSA) is 17.1 Å². The molecule has 0 aromatic heterocycles.